The summed E-state index contributed by atoms with van der Waals surface area (Å²) in [7, 11) is 5.47. The summed E-state index contributed by atoms with van der Waals surface area (Å²) in [4.78, 5) is 21.2. The number of amides is 1. The predicted octanol–water partition coefficient (Wildman–Crippen LogP) is 2.55. The lowest BCUT2D eigenvalue weighted by molar-refractivity contribution is -0.127. The van der Waals surface area contributed by atoms with E-state index in [9.17, 15) is 4.79 Å². The highest BCUT2D eigenvalue weighted by Gasteiger charge is 2.16. The van der Waals surface area contributed by atoms with Crippen LogP contribution in [0.4, 0.5) is 0 Å². The second kappa shape index (κ2) is 10.1. The predicted molar refractivity (Wildman–Crippen MR) is 106 cm³/mol. The molecule has 1 aromatic heterocycles. The molecule has 1 fully saturated rings. The SMILES string of the molecule is CN(C)C(=O)CN=C(NCC1CCCCO1)N(C)Cc1ccc(Br)s1. The van der Waals surface area contributed by atoms with Gasteiger partial charge in [-0.3, -0.25) is 4.79 Å². The van der Waals surface area contributed by atoms with Crippen molar-refractivity contribution in [3.63, 3.8) is 0 Å². The Labute approximate surface area is 162 Å². The van der Waals surface area contributed by atoms with Crippen LogP contribution in [0.2, 0.25) is 0 Å². The summed E-state index contributed by atoms with van der Waals surface area (Å²) >= 11 is 5.20. The van der Waals surface area contributed by atoms with Crippen LogP contribution in [0.5, 0.6) is 0 Å². The van der Waals surface area contributed by atoms with Crippen LogP contribution in [0.15, 0.2) is 20.9 Å². The molecule has 1 atom stereocenters. The van der Waals surface area contributed by atoms with E-state index in [0.29, 0.717) is 6.54 Å². The van der Waals surface area contributed by atoms with E-state index < -0.39 is 0 Å². The van der Waals surface area contributed by atoms with Crippen molar-refractivity contribution in [3.05, 3.63) is 20.8 Å². The Morgan fingerprint density at radius 2 is 2.20 bits per heavy atom. The van der Waals surface area contributed by atoms with E-state index >= 15 is 0 Å². The maximum atomic E-state index is 11.9. The molecule has 1 N–H and O–H groups in total. The number of carbonyl (C=O) groups excluding carboxylic acids is 1. The third-order valence-corrected chi connectivity index (χ3v) is 5.62. The van der Waals surface area contributed by atoms with Gasteiger partial charge in [0, 0.05) is 39.2 Å². The number of thiophene rings is 1. The highest BCUT2D eigenvalue weighted by atomic mass is 79.9. The van der Waals surface area contributed by atoms with Crippen molar-refractivity contribution in [2.24, 2.45) is 4.99 Å². The zero-order valence-corrected chi connectivity index (χ0v) is 17.5. The van der Waals surface area contributed by atoms with Crippen molar-refractivity contribution < 1.29 is 9.53 Å². The molecule has 8 heteroatoms. The summed E-state index contributed by atoms with van der Waals surface area (Å²) in [5.74, 6) is 0.717. The zero-order valence-electron chi connectivity index (χ0n) is 15.1. The molecule has 1 aliphatic rings. The van der Waals surface area contributed by atoms with Gasteiger partial charge < -0.3 is 19.9 Å². The maximum Gasteiger partial charge on any atom is 0.243 e. The molecule has 0 radical (unpaired) electrons. The van der Waals surface area contributed by atoms with Gasteiger partial charge in [-0.1, -0.05) is 0 Å². The number of halogens is 1. The number of carbonyl (C=O) groups is 1. The van der Waals surface area contributed by atoms with Crippen LogP contribution < -0.4 is 5.32 Å². The first-order valence-corrected chi connectivity index (χ1v) is 10.1. The van der Waals surface area contributed by atoms with Crippen molar-refractivity contribution in [2.45, 2.75) is 31.9 Å². The molecule has 0 bridgehead atoms. The van der Waals surface area contributed by atoms with E-state index in [1.165, 1.54) is 11.3 Å². The van der Waals surface area contributed by atoms with Gasteiger partial charge in [0.1, 0.15) is 6.54 Å². The van der Waals surface area contributed by atoms with Gasteiger partial charge in [0.05, 0.1) is 16.4 Å². The van der Waals surface area contributed by atoms with Crippen LogP contribution in [-0.2, 0) is 16.1 Å². The minimum atomic E-state index is -0.0134. The van der Waals surface area contributed by atoms with Gasteiger partial charge in [0.2, 0.25) is 5.91 Å². The molecule has 25 heavy (non-hydrogen) atoms. The van der Waals surface area contributed by atoms with Gasteiger partial charge in [-0.05, 0) is 47.3 Å². The number of nitrogens with zero attached hydrogens (tertiary/aromatic N) is 3. The first-order chi connectivity index (χ1) is 12.0. The minimum absolute atomic E-state index is 0.0134. The average Bonchev–Trinajstić information content (AvgIpc) is 3.00. The van der Waals surface area contributed by atoms with Crippen LogP contribution >= 0.6 is 27.3 Å². The normalized spacial score (nSPS) is 18.1. The fourth-order valence-electron chi connectivity index (χ4n) is 2.51. The number of likely N-dealkylation sites (N-methyl/N-ethyl adjacent to an activating group) is 1. The van der Waals surface area contributed by atoms with Crippen molar-refractivity contribution in [1.82, 2.24) is 15.1 Å². The maximum absolute atomic E-state index is 11.9. The summed E-state index contributed by atoms with van der Waals surface area (Å²) in [6, 6.07) is 4.14. The smallest absolute Gasteiger partial charge is 0.243 e. The number of hydrogen-bond donors (Lipinski definition) is 1. The molecular weight excluding hydrogens is 404 g/mol. The molecule has 2 rings (SSSR count). The molecule has 1 saturated heterocycles. The molecule has 0 aromatic carbocycles. The number of nitrogens with one attached hydrogen (secondary N) is 1. The van der Waals surface area contributed by atoms with Gasteiger partial charge in [0.15, 0.2) is 5.96 Å². The lowest BCUT2D eigenvalue weighted by Gasteiger charge is -2.27. The quantitative estimate of drug-likeness (QED) is 0.556. The fourth-order valence-corrected chi connectivity index (χ4v) is 4.05. The lowest BCUT2D eigenvalue weighted by Crippen LogP contribution is -2.43. The van der Waals surface area contributed by atoms with Crippen LogP contribution in [0, 0.1) is 0 Å². The van der Waals surface area contributed by atoms with Crippen LogP contribution in [0.25, 0.3) is 0 Å². The third-order valence-electron chi connectivity index (χ3n) is 4.01. The van der Waals surface area contributed by atoms with Gasteiger partial charge in [-0.15, -0.1) is 11.3 Å². The van der Waals surface area contributed by atoms with Gasteiger partial charge >= 0.3 is 0 Å². The molecule has 1 aliphatic heterocycles. The van der Waals surface area contributed by atoms with Crippen LogP contribution in [0.3, 0.4) is 0 Å². The first kappa shape index (κ1) is 20.2. The molecule has 2 heterocycles. The van der Waals surface area contributed by atoms with E-state index in [4.69, 9.17) is 4.74 Å². The molecular formula is C17H27BrN4O2S. The highest BCUT2D eigenvalue weighted by Crippen LogP contribution is 2.23. The largest absolute Gasteiger partial charge is 0.376 e. The summed E-state index contributed by atoms with van der Waals surface area (Å²) < 4.78 is 6.89. The Morgan fingerprint density at radius 3 is 2.80 bits per heavy atom. The molecule has 1 aromatic rings. The Bertz CT molecular complexity index is 585. The Balaban J connectivity index is 1.98. The van der Waals surface area contributed by atoms with Crippen molar-refractivity contribution in [3.8, 4) is 0 Å². The molecule has 1 amide bonds. The minimum Gasteiger partial charge on any atom is -0.376 e. The van der Waals surface area contributed by atoms with E-state index in [1.54, 1.807) is 30.3 Å². The van der Waals surface area contributed by atoms with E-state index in [0.717, 1.165) is 35.7 Å². The number of guanidine groups is 1. The van der Waals surface area contributed by atoms with E-state index in [2.05, 4.69) is 32.3 Å². The number of rotatable bonds is 6. The van der Waals surface area contributed by atoms with Crippen LogP contribution in [-0.4, -0.2) is 68.6 Å². The van der Waals surface area contributed by atoms with Gasteiger partial charge in [0.25, 0.3) is 0 Å². The highest BCUT2D eigenvalue weighted by molar-refractivity contribution is 9.11. The summed E-state index contributed by atoms with van der Waals surface area (Å²) in [5.41, 5.74) is 0. The molecule has 140 valence electrons. The number of hydrogen-bond acceptors (Lipinski definition) is 4. The van der Waals surface area contributed by atoms with Crippen molar-refractivity contribution in [1.29, 1.82) is 0 Å². The fraction of sp³-hybridized carbons (Fsp3) is 0.647. The lowest BCUT2D eigenvalue weighted by atomic mass is 10.1. The summed E-state index contributed by atoms with van der Waals surface area (Å²) in [6.45, 7) is 2.42. The van der Waals surface area contributed by atoms with E-state index in [1.807, 2.05) is 18.0 Å². The van der Waals surface area contributed by atoms with Gasteiger partial charge in [-0.2, -0.15) is 0 Å². The topological polar surface area (TPSA) is 57.2 Å². The second-order valence-electron chi connectivity index (χ2n) is 6.36. The molecule has 1 unspecified atom stereocenters. The summed E-state index contributed by atoms with van der Waals surface area (Å²) in [6.07, 6.45) is 3.63. The molecule has 0 saturated carbocycles. The Hall–Kier alpha value is -1.12. The number of ether oxygens (including phenoxy) is 1. The molecule has 6 nitrogen and oxygen atoms in total. The summed E-state index contributed by atoms with van der Waals surface area (Å²) in [5, 5.41) is 3.38. The number of aliphatic imine (C=N–C) groups is 1. The molecule has 0 spiro atoms. The van der Waals surface area contributed by atoms with Crippen LogP contribution in [0.1, 0.15) is 24.1 Å². The second-order valence-corrected chi connectivity index (χ2v) is 8.91. The van der Waals surface area contributed by atoms with Crippen molar-refractivity contribution >= 4 is 39.1 Å². The van der Waals surface area contributed by atoms with Gasteiger partial charge in [-0.25, -0.2) is 4.99 Å². The average molecular weight is 431 g/mol. The van der Waals surface area contributed by atoms with E-state index in [-0.39, 0.29) is 18.6 Å². The molecule has 0 aliphatic carbocycles. The monoisotopic (exact) mass is 430 g/mol. The zero-order chi connectivity index (χ0) is 18.2. The Morgan fingerprint density at radius 1 is 1.40 bits per heavy atom. The Kier molecular flexibility index (Phi) is 8.18. The van der Waals surface area contributed by atoms with Crippen molar-refractivity contribution in [2.75, 3.05) is 40.8 Å². The standard InChI is InChI=1S/C17H27BrN4O2S/c1-21(2)16(23)11-20-17(19-10-13-6-4-5-9-24-13)22(3)12-14-7-8-15(18)25-14/h7-8,13H,4-6,9-12H2,1-3H3,(H,19,20). The third kappa shape index (κ3) is 6.95. The first-order valence-electron chi connectivity index (χ1n) is 8.51.